The Bertz CT molecular complexity index is 353. The normalized spacial score (nSPS) is 12.2. The van der Waals surface area contributed by atoms with E-state index in [2.05, 4.69) is 4.98 Å². The van der Waals surface area contributed by atoms with Gasteiger partial charge in [-0.15, -0.1) is 0 Å². The summed E-state index contributed by atoms with van der Waals surface area (Å²) in [6.07, 6.45) is 4.47. The molecule has 0 aliphatic heterocycles. The summed E-state index contributed by atoms with van der Waals surface area (Å²) in [6, 6.07) is 1.71. The number of pyridine rings is 1. The van der Waals surface area contributed by atoms with Crippen LogP contribution in [0.4, 0.5) is 0 Å². The zero-order chi connectivity index (χ0) is 12.0. The van der Waals surface area contributed by atoms with Gasteiger partial charge in [-0.1, -0.05) is 6.92 Å². The van der Waals surface area contributed by atoms with Gasteiger partial charge < -0.3 is 10.5 Å². The summed E-state index contributed by atoms with van der Waals surface area (Å²) in [5, 5.41) is 0. The Balaban J connectivity index is 2.58. The fourth-order valence-electron chi connectivity index (χ4n) is 1.32. The first-order chi connectivity index (χ1) is 7.67. The van der Waals surface area contributed by atoms with E-state index < -0.39 is 0 Å². The number of nitrogens with zero attached hydrogens (tertiary/aromatic N) is 1. The van der Waals surface area contributed by atoms with Crippen molar-refractivity contribution in [1.82, 2.24) is 4.98 Å². The molecule has 4 nitrogen and oxygen atoms in total. The Labute approximate surface area is 95.8 Å². The van der Waals surface area contributed by atoms with E-state index >= 15 is 0 Å². The number of aromatic nitrogens is 1. The topological polar surface area (TPSA) is 65.2 Å². The Kier molecular flexibility index (Phi) is 4.92. The van der Waals surface area contributed by atoms with E-state index in [0.717, 1.165) is 6.42 Å². The van der Waals surface area contributed by atoms with Crippen LogP contribution in [0.1, 0.15) is 30.1 Å². The number of carbonyl (C=O) groups excluding carboxylic acids is 1. The molecule has 1 aromatic heterocycles. The van der Waals surface area contributed by atoms with Crippen molar-refractivity contribution in [2.24, 2.45) is 11.7 Å². The van der Waals surface area contributed by atoms with E-state index in [-0.39, 0.29) is 5.78 Å². The Morgan fingerprint density at radius 3 is 2.94 bits per heavy atom. The highest BCUT2D eigenvalue weighted by Crippen LogP contribution is 2.14. The van der Waals surface area contributed by atoms with E-state index in [1.807, 2.05) is 6.92 Å². The SMILES string of the molecule is COc1cncc(C(=O)CCC(C)CN)c1. The number of hydrogen-bond acceptors (Lipinski definition) is 4. The predicted octanol–water partition coefficient (Wildman–Crippen LogP) is 1.65. The summed E-state index contributed by atoms with van der Waals surface area (Å²) >= 11 is 0. The lowest BCUT2D eigenvalue weighted by Gasteiger charge is -2.07. The number of nitrogens with two attached hydrogens (primary N) is 1. The molecule has 0 spiro atoms. The summed E-state index contributed by atoms with van der Waals surface area (Å²) in [5.74, 6) is 1.08. The molecule has 0 amide bonds. The number of carbonyl (C=O) groups is 1. The van der Waals surface area contributed by atoms with Gasteiger partial charge in [0.15, 0.2) is 5.78 Å². The highest BCUT2D eigenvalue weighted by Gasteiger charge is 2.09. The maximum atomic E-state index is 11.8. The zero-order valence-electron chi connectivity index (χ0n) is 9.77. The van der Waals surface area contributed by atoms with Crippen molar-refractivity contribution in [3.63, 3.8) is 0 Å². The molecule has 0 bridgehead atoms. The first-order valence-corrected chi connectivity index (χ1v) is 5.39. The number of Topliss-reactive ketones (excluding diaryl/α,β-unsaturated/α-hetero) is 1. The summed E-state index contributed by atoms with van der Waals surface area (Å²) < 4.78 is 5.02. The first kappa shape index (κ1) is 12.6. The lowest BCUT2D eigenvalue weighted by atomic mass is 10.0. The first-order valence-electron chi connectivity index (χ1n) is 5.39. The molecular weight excluding hydrogens is 204 g/mol. The highest BCUT2D eigenvalue weighted by atomic mass is 16.5. The van der Waals surface area contributed by atoms with Gasteiger partial charge in [0.05, 0.1) is 13.3 Å². The van der Waals surface area contributed by atoms with Crippen LogP contribution >= 0.6 is 0 Å². The third-order valence-electron chi connectivity index (χ3n) is 2.54. The number of ketones is 1. The zero-order valence-corrected chi connectivity index (χ0v) is 9.77. The molecule has 0 radical (unpaired) electrons. The average molecular weight is 222 g/mol. The van der Waals surface area contributed by atoms with Crippen molar-refractivity contribution >= 4 is 5.78 Å². The minimum atomic E-state index is 0.0895. The molecule has 1 aromatic rings. The monoisotopic (exact) mass is 222 g/mol. The van der Waals surface area contributed by atoms with Crippen LogP contribution in [0.3, 0.4) is 0 Å². The van der Waals surface area contributed by atoms with Crippen LogP contribution in [-0.4, -0.2) is 24.4 Å². The maximum absolute atomic E-state index is 11.8. The van der Waals surface area contributed by atoms with Gasteiger partial charge in [-0.05, 0) is 24.9 Å². The van der Waals surface area contributed by atoms with Crippen LogP contribution < -0.4 is 10.5 Å². The van der Waals surface area contributed by atoms with Gasteiger partial charge in [0, 0.05) is 18.2 Å². The fourth-order valence-corrected chi connectivity index (χ4v) is 1.32. The number of methoxy groups -OCH3 is 1. The van der Waals surface area contributed by atoms with Crippen LogP contribution in [0.5, 0.6) is 5.75 Å². The molecule has 1 unspecified atom stereocenters. The molecule has 0 saturated heterocycles. The molecule has 0 aromatic carbocycles. The van der Waals surface area contributed by atoms with Crippen LogP contribution in [0.25, 0.3) is 0 Å². The van der Waals surface area contributed by atoms with Gasteiger partial charge in [-0.2, -0.15) is 0 Å². The lowest BCUT2D eigenvalue weighted by Crippen LogP contribution is -2.12. The fraction of sp³-hybridized carbons (Fsp3) is 0.500. The molecule has 88 valence electrons. The molecule has 1 heterocycles. The molecule has 2 N–H and O–H groups in total. The summed E-state index contributed by atoms with van der Waals surface area (Å²) in [5.41, 5.74) is 6.10. The molecule has 0 fully saturated rings. The van der Waals surface area contributed by atoms with E-state index in [0.29, 0.717) is 30.2 Å². The number of ether oxygens (including phenoxy) is 1. The van der Waals surface area contributed by atoms with Crippen LogP contribution in [0, 0.1) is 5.92 Å². The number of rotatable bonds is 6. The van der Waals surface area contributed by atoms with Crippen molar-refractivity contribution < 1.29 is 9.53 Å². The molecule has 0 saturated carbocycles. The minimum absolute atomic E-state index is 0.0895. The van der Waals surface area contributed by atoms with E-state index in [1.54, 1.807) is 25.6 Å². The van der Waals surface area contributed by atoms with E-state index in [4.69, 9.17) is 10.5 Å². The smallest absolute Gasteiger partial charge is 0.164 e. The predicted molar refractivity (Wildman–Crippen MR) is 62.6 cm³/mol. The summed E-state index contributed by atoms with van der Waals surface area (Å²) in [4.78, 5) is 15.8. The third-order valence-corrected chi connectivity index (χ3v) is 2.54. The maximum Gasteiger partial charge on any atom is 0.164 e. The van der Waals surface area contributed by atoms with Crippen LogP contribution in [-0.2, 0) is 0 Å². The van der Waals surface area contributed by atoms with Crippen molar-refractivity contribution in [2.45, 2.75) is 19.8 Å². The summed E-state index contributed by atoms with van der Waals surface area (Å²) in [7, 11) is 1.56. The van der Waals surface area contributed by atoms with Gasteiger partial charge in [0.1, 0.15) is 5.75 Å². The van der Waals surface area contributed by atoms with Gasteiger partial charge in [0.25, 0.3) is 0 Å². The minimum Gasteiger partial charge on any atom is -0.495 e. The number of hydrogen-bond donors (Lipinski definition) is 1. The van der Waals surface area contributed by atoms with E-state index in [1.165, 1.54) is 0 Å². The van der Waals surface area contributed by atoms with Crippen molar-refractivity contribution in [1.29, 1.82) is 0 Å². The van der Waals surface area contributed by atoms with Gasteiger partial charge in [-0.3, -0.25) is 9.78 Å². The Hall–Kier alpha value is -1.42. The molecule has 4 heteroatoms. The summed E-state index contributed by atoms with van der Waals surface area (Å²) in [6.45, 7) is 2.65. The molecule has 0 aliphatic rings. The Morgan fingerprint density at radius 2 is 2.31 bits per heavy atom. The Morgan fingerprint density at radius 1 is 1.56 bits per heavy atom. The second kappa shape index (κ2) is 6.23. The van der Waals surface area contributed by atoms with Crippen molar-refractivity contribution in [3.05, 3.63) is 24.0 Å². The highest BCUT2D eigenvalue weighted by molar-refractivity contribution is 5.96. The van der Waals surface area contributed by atoms with E-state index in [9.17, 15) is 4.79 Å². The largest absolute Gasteiger partial charge is 0.495 e. The molecule has 0 aliphatic carbocycles. The van der Waals surface area contributed by atoms with Crippen LogP contribution in [0.2, 0.25) is 0 Å². The quantitative estimate of drug-likeness (QED) is 0.743. The molecule has 16 heavy (non-hydrogen) atoms. The standard InChI is InChI=1S/C12H18N2O2/c1-9(6-13)3-4-12(15)10-5-11(16-2)8-14-7-10/h5,7-9H,3-4,6,13H2,1-2H3. The van der Waals surface area contributed by atoms with Gasteiger partial charge in [0.2, 0.25) is 0 Å². The van der Waals surface area contributed by atoms with Gasteiger partial charge in [-0.25, -0.2) is 0 Å². The van der Waals surface area contributed by atoms with Crippen molar-refractivity contribution in [3.8, 4) is 5.75 Å². The second-order valence-corrected chi connectivity index (χ2v) is 3.92. The van der Waals surface area contributed by atoms with Crippen molar-refractivity contribution in [2.75, 3.05) is 13.7 Å². The van der Waals surface area contributed by atoms with Gasteiger partial charge >= 0.3 is 0 Å². The van der Waals surface area contributed by atoms with Crippen LogP contribution in [0.15, 0.2) is 18.5 Å². The lowest BCUT2D eigenvalue weighted by molar-refractivity contribution is 0.0974. The second-order valence-electron chi connectivity index (χ2n) is 3.92. The molecule has 1 atom stereocenters. The molecule has 1 rings (SSSR count). The molecular formula is C12H18N2O2. The third kappa shape index (κ3) is 3.62. The average Bonchev–Trinajstić information content (AvgIpc) is 2.35.